The van der Waals surface area contributed by atoms with Crippen molar-refractivity contribution in [3.8, 4) is 0 Å². The summed E-state index contributed by atoms with van der Waals surface area (Å²) < 4.78 is 5.40. The standard InChI is InChI=1S/C12H12Cl2N2O4/c13-4-1-6-7(2-5(4)14)16-12(15-6)11-10(19)9(18)8(3-17)20-11/h1-2,8-11,17-19H,3H2,(H,15,16)/t8-,9-,10+,11+/m1/s1. The molecule has 4 N–H and O–H groups in total. The van der Waals surface area contributed by atoms with Gasteiger partial charge in [0, 0.05) is 0 Å². The molecule has 3 rings (SSSR count). The number of hydrogen-bond acceptors (Lipinski definition) is 5. The number of ether oxygens (including phenoxy) is 1. The second-order valence-corrected chi connectivity index (χ2v) is 5.48. The number of aliphatic hydroxyl groups is 3. The Hall–Kier alpha value is -0.890. The Balaban J connectivity index is 1.99. The van der Waals surface area contributed by atoms with Gasteiger partial charge in [-0.1, -0.05) is 23.2 Å². The molecule has 20 heavy (non-hydrogen) atoms. The predicted molar refractivity (Wildman–Crippen MR) is 72.8 cm³/mol. The van der Waals surface area contributed by atoms with E-state index in [9.17, 15) is 10.2 Å². The normalized spacial score (nSPS) is 30.2. The summed E-state index contributed by atoms with van der Waals surface area (Å²) in [6.45, 7) is -0.382. The lowest BCUT2D eigenvalue weighted by Gasteiger charge is -2.11. The van der Waals surface area contributed by atoms with Gasteiger partial charge in [0.1, 0.15) is 30.2 Å². The summed E-state index contributed by atoms with van der Waals surface area (Å²) in [6.07, 6.45) is -4.01. The summed E-state index contributed by atoms with van der Waals surface area (Å²) in [5, 5.41) is 29.5. The van der Waals surface area contributed by atoms with E-state index in [0.717, 1.165) is 0 Å². The lowest BCUT2D eigenvalue weighted by molar-refractivity contribution is -0.0249. The maximum Gasteiger partial charge on any atom is 0.144 e. The van der Waals surface area contributed by atoms with Gasteiger partial charge in [0.2, 0.25) is 0 Å². The van der Waals surface area contributed by atoms with Crippen LogP contribution in [0.15, 0.2) is 12.1 Å². The topological polar surface area (TPSA) is 98.6 Å². The minimum absolute atomic E-state index is 0.348. The van der Waals surface area contributed by atoms with Gasteiger partial charge < -0.3 is 25.0 Å². The third kappa shape index (κ3) is 2.18. The van der Waals surface area contributed by atoms with Crippen LogP contribution in [0.1, 0.15) is 11.9 Å². The average molecular weight is 319 g/mol. The lowest BCUT2D eigenvalue weighted by atomic mass is 10.1. The van der Waals surface area contributed by atoms with E-state index < -0.39 is 24.4 Å². The van der Waals surface area contributed by atoms with Gasteiger partial charge in [0.25, 0.3) is 0 Å². The number of rotatable bonds is 2. The van der Waals surface area contributed by atoms with E-state index in [1.807, 2.05) is 0 Å². The number of nitrogens with zero attached hydrogens (tertiary/aromatic N) is 1. The molecule has 1 saturated heterocycles. The molecule has 0 saturated carbocycles. The van der Waals surface area contributed by atoms with Gasteiger partial charge in [0.15, 0.2) is 0 Å². The molecular formula is C12H12Cl2N2O4. The minimum Gasteiger partial charge on any atom is -0.394 e. The smallest absolute Gasteiger partial charge is 0.144 e. The Labute approximate surface area is 123 Å². The summed E-state index contributed by atoms with van der Waals surface area (Å²) in [4.78, 5) is 7.24. The van der Waals surface area contributed by atoms with E-state index in [-0.39, 0.29) is 6.61 Å². The van der Waals surface area contributed by atoms with Crippen molar-refractivity contribution < 1.29 is 20.1 Å². The average Bonchev–Trinajstić information content (AvgIpc) is 2.93. The van der Waals surface area contributed by atoms with Crippen LogP contribution < -0.4 is 0 Å². The molecule has 2 heterocycles. The van der Waals surface area contributed by atoms with Crippen molar-refractivity contribution in [3.05, 3.63) is 28.0 Å². The molecule has 0 radical (unpaired) electrons. The number of nitrogens with one attached hydrogen (secondary N) is 1. The summed E-state index contributed by atoms with van der Waals surface area (Å²) in [5.74, 6) is 0.348. The summed E-state index contributed by atoms with van der Waals surface area (Å²) >= 11 is 11.8. The second-order valence-electron chi connectivity index (χ2n) is 4.66. The van der Waals surface area contributed by atoms with E-state index in [2.05, 4.69) is 9.97 Å². The van der Waals surface area contributed by atoms with Gasteiger partial charge in [-0.15, -0.1) is 0 Å². The molecule has 4 atom stereocenters. The Morgan fingerprint density at radius 1 is 1.20 bits per heavy atom. The molecule has 1 aliphatic heterocycles. The highest BCUT2D eigenvalue weighted by molar-refractivity contribution is 6.42. The quantitative estimate of drug-likeness (QED) is 0.662. The van der Waals surface area contributed by atoms with Gasteiger partial charge >= 0.3 is 0 Å². The highest BCUT2D eigenvalue weighted by Gasteiger charge is 2.44. The molecular weight excluding hydrogens is 307 g/mol. The van der Waals surface area contributed by atoms with Crippen LogP contribution in [0.2, 0.25) is 10.0 Å². The monoisotopic (exact) mass is 318 g/mol. The number of benzene rings is 1. The first kappa shape index (κ1) is 14.1. The van der Waals surface area contributed by atoms with Gasteiger partial charge in [-0.05, 0) is 12.1 Å². The number of H-pyrrole nitrogens is 1. The molecule has 1 fully saturated rings. The first-order valence-corrected chi connectivity index (χ1v) is 6.74. The SMILES string of the molecule is OC[C@H]1O[C@H](c2nc3cc(Cl)c(Cl)cc3[nH]2)[C@@H](O)[C@@H]1O. The molecule has 0 bridgehead atoms. The van der Waals surface area contributed by atoms with E-state index in [0.29, 0.717) is 26.9 Å². The highest BCUT2D eigenvalue weighted by atomic mass is 35.5. The van der Waals surface area contributed by atoms with Gasteiger partial charge in [-0.3, -0.25) is 0 Å². The van der Waals surface area contributed by atoms with Crippen LogP contribution in [0.3, 0.4) is 0 Å². The van der Waals surface area contributed by atoms with Crippen LogP contribution >= 0.6 is 23.2 Å². The number of aromatic amines is 1. The van der Waals surface area contributed by atoms with Crippen LogP contribution in [0.25, 0.3) is 11.0 Å². The molecule has 108 valence electrons. The van der Waals surface area contributed by atoms with Crippen LogP contribution in [-0.4, -0.2) is 50.2 Å². The van der Waals surface area contributed by atoms with Crippen molar-refractivity contribution in [2.45, 2.75) is 24.4 Å². The highest BCUT2D eigenvalue weighted by Crippen LogP contribution is 2.34. The van der Waals surface area contributed by atoms with Crippen LogP contribution in [0.5, 0.6) is 0 Å². The van der Waals surface area contributed by atoms with E-state index >= 15 is 0 Å². The van der Waals surface area contributed by atoms with Crippen molar-refractivity contribution in [1.82, 2.24) is 9.97 Å². The molecule has 6 nitrogen and oxygen atoms in total. The largest absolute Gasteiger partial charge is 0.394 e. The first-order chi connectivity index (χ1) is 9.51. The fourth-order valence-electron chi connectivity index (χ4n) is 2.28. The number of aliphatic hydroxyl groups excluding tert-OH is 3. The van der Waals surface area contributed by atoms with Crippen molar-refractivity contribution in [1.29, 1.82) is 0 Å². The van der Waals surface area contributed by atoms with Crippen molar-refractivity contribution in [3.63, 3.8) is 0 Å². The van der Waals surface area contributed by atoms with Gasteiger partial charge in [-0.2, -0.15) is 0 Å². The third-order valence-electron chi connectivity index (χ3n) is 3.35. The number of fused-ring (bicyclic) bond motifs is 1. The van der Waals surface area contributed by atoms with Crippen molar-refractivity contribution in [2.24, 2.45) is 0 Å². The fraction of sp³-hybridized carbons (Fsp3) is 0.417. The Bertz CT molecular complexity index is 609. The molecule has 0 aliphatic carbocycles. The van der Waals surface area contributed by atoms with E-state index in [4.69, 9.17) is 33.0 Å². The molecule has 1 aromatic heterocycles. The summed E-state index contributed by atoms with van der Waals surface area (Å²) in [5.41, 5.74) is 1.22. The Morgan fingerprint density at radius 2 is 1.90 bits per heavy atom. The molecule has 1 aliphatic rings. The lowest BCUT2D eigenvalue weighted by Crippen LogP contribution is -2.32. The Kier molecular flexibility index (Phi) is 3.62. The molecule has 8 heteroatoms. The fourth-order valence-corrected chi connectivity index (χ4v) is 2.61. The number of halogens is 2. The van der Waals surface area contributed by atoms with Crippen LogP contribution in [0, 0.1) is 0 Å². The Morgan fingerprint density at radius 3 is 2.55 bits per heavy atom. The van der Waals surface area contributed by atoms with Gasteiger partial charge in [-0.25, -0.2) is 4.98 Å². The van der Waals surface area contributed by atoms with Crippen molar-refractivity contribution in [2.75, 3.05) is 6.61 Å². The van der Waals surface area contributed by atoms with Crippen molar-refractivity contribution >= 4 is 34.2 Å². The zero-order valence-electron chi connectivity index (χ0n) is 10.1. The summed E-state index contributed by atoms with van der Waals surface area (Å²) in [6, 6.07) is 3.22. The number of aromatic nitrogens is 2. The molecule has 2 aromatic rings. The van der Waals surface area contributed by atoms with Gasteiger partial charge in [0.05, 0.1) is 27.7 Å². The minimum atomic E-state index is -1.17. The zero-order valence-corrected chi connectivity index (χ0v) is 11.6. The van der Waals surface area contributed by atoms with Crippen LogP contribution in [-0.2, 0) is 4.74 Å². The summed E-state index contributed by atoms with van der Waals surface area (Å²) in [7, 11) is 0. The maximum atomic E-state index is 9.95. The number of hydrogen-bond donors (Lipinski definition) is 4. The molecule has 0 unspecified atom stereocenters. The molecule has 0 spiro atoms. The maximum absolute atomic E-state index is 9.95. The van der Waals surface area contributed by atoms with E-state index in [1.165, 1.54) is 0 Å². The number of imidazole rings is 1. The predicted octanol–water partition coefficient (Wildman–Crippen LogP) is 1.02. The second kappa shape index (κ2) is 5.14. The van der Waals surface area contributed by atoms with Crippen LogP contribution in [0.4, 0.5) is 0 Å². The molecule has 0 amide bonds. The third-order valence-corrected chi connectivity index (χ3v) is 4.08. The zero-order chi connectivity index (χ0) is 14.4. The first-order valence-electron chi connectivity index (χ1n) is 5.98. The van der Waals surface area contributed by atoms with E-state index in [1.54, 1.807) is 12.1 Å². The molecule has 1 aromatic carbocycles.